The van der Waals surface area contributed by atoms with Gasteiger partial charge in [0.05, 0.1) is 11.2 Å². The predicted molar refractivity (Wildman–Crippen MR) is 89.8 cm³/mol. The zero-order chi connectivity index (χ0) is 16.7. The number of carbonyl (C=O) groups is 1. The molecule has 22 heavy (non-hydrogen) atoms. The molecule has 0 bridgehead atoms. The van der Waals surface area contributed by atoms with E-state index >= 15 is 0 Å². The molecule has 120 valence electrons. The summed E-state index contributed by atoms with van der Waals surface area (Å²) in [4.78, 5) is 12.2. The molecule has 0 saturated carbocycles. The third kappa shape index (κ3) is 3.48. The molecule has 4 nitrogen and oxygen atoms in total. The van der Waals surface area contributed by atoms with Crippen LogP contribution >= 0.6 is 11.6 Å². The standard InChI is InChI=1S/C16H23BClNO3/c1-10(2)19-14(20)11-7-12(9-13(18)8-11)17-21-15(3,4)16(5,6)22-17/h7-10H,1-6H3,(H,19,20). The minimum absolute atomic E-state index is 0.0618. The summed E-state index contributed by atoms with van der Waals surface area (Å²) in [7, 11) is -0.533. The largest absolute Gasteiger partial charge is 0.494 e. The first-order valence-corrected chi connectivity index (χ1v) is 7.86. The molecule has 0 aromatic heterocycles. The van der Waals surface area contributed by atoms with Gasteiger partial charge in [0.15, 0.2) is 0 Å². The smallest absolute Gasteiger partial charge is 0.399 e. The van der Waals surface area contributed by atoms with Gasteiger partial charge in [-0.15, -0.1) is 0 Å². The predicted octanol–water partition coefficient (Wildman–Crippen LogP) is 2.78. The molecule has 0 unspecified atom stereocenters. The maximum atomic E-state index is 12.2. The van der Waals surface area contributed by atoms with Crippen LogP contribution in [-0.2, 0) is 9.31 Å². The van der Waals surface area contributed by atoms with E-state index in [0.717, 1.165) is 5.46 Å². The molecule has 1 N–H and O–H groups in total. The Morgan fingerprint density at radius 2 is 1.68 bits per heavy atom. The number of nitrogens with one attached hydrogen (secondary N) is 1. The van der Waals surface area contributed by atoms with Gasteiger partial charge in [0, 0.05) is 16.6 Å². The SMILES string of the molecule is CC(C)NC(=O)c1cc(Cl)cc(B2OC(C)(C)C(C)(C)O2)c1. The van der Waals surface area contributed by atoms with Crippen molar-refractivity contribution in [2.24, 2.45) is 0 Å². The highest BCUT2D eigenvalue weighted by Crippen LogP contribution is 2.36. The third-order valence-corrected chi connectivity index (χ3v) is 4.35. The summed E-state index contributed by atoms with van der Waals surface area (Å²) in [6.07, 6.45) is 0. The van der Waals surface area contributed by atoms with Gasteiger partial charge in [0.25, 0.3) is 5.91 Å². The minimum atomic E-state index is -0.533. The van der Waals surface area contributed by atoms with Gasteiger partial charge in [-0.2, -0.15) is 0 Å². The van der Waals surface area contributed by atoms with Gasteiger partial charge in [-0.1, -0.05) is 11.6 Å². The van der Waals surface area contributed by atoms with Crippen LogP contribution in [-0.4, -0.2) is 30.3 Å². The second-order valence-corrected chi connectivity index (χ2v) is 7.43. The summed E-state index contributed by atoms with van der Waals surface area (Å²) in [5.74, 6) is -0.157. The minimum Gasteiger partial charge on any atom is -0.399 e. The number of halogens is 1. The Morgan fingerprint density at radius 1 is 1.14 bits per heavy atom. The van der Waals surface area contributed by atoms with E-state index in [1.54, 1.807) is 18.2 Å². The van der Waals surface area contributed by atoms with E-state index in [1.807, 2.05) is 41.5 Å². The molecule has 0 atom stereocenters. The van der Waals surface area contributed by atoms with E-state index in [-0.39, 0.29) is 11.9 Å². The van der Waals surface area contributed by atoms with Gasteiger partial charge in [0.1, 0.15) is 0 Å². The summed E-state index contributed by atoms with van der Waals surface area (Å²) in [5, 5.41) is 3.34. The van der Waals surface area contributed by atoms with Crippen molar-refractivity contribution in [3.8, 4) is 0 Å². The van der Waals surface area contributed by atoms with E-state index in [2.05, 4.69) is 5.32 Å². The lowest BCUT2D eigenvalue weighted by Crippen LogP contribution is -2.41. The summed E-state index contributed by atoms with van der Waals surface area (Å²) >= 11 is 6.16. The molecule has 1 saturated heterocycles. The molecule has 1 aliphatic rings. The third-order valence-electron chi connectivity index (χ3n) is 4.13. The van der Waals surface area contributed by atoms with Crippen LogP contribution in [0.15, 0.2) is 18.2 Å². The molecule has 0 spiro atoms. The van der Waals surface area contributed by atoms with Crippen LogP contribution in [0.3, 0.4) is 0 Å². The van der Waals surface area contributed by atoms with Crippen molar-refractivity contribution in [3.05, 3.63) is 28.8 Å². The van der Waals surface area contributed by atoms with E-state index in [9.17, 15) is 4.79 Å². The highest BCUT2D eigenvalue weighted by molar-refractivity contribution is 6.62. The number of benzene rings is 1. The monoisotopic (exact) mass is 323 g/mol. The first-order chi connectivity index (χ1) is 10.0. The summed E-state index contributed by atoms with van der Waals surface area (Å²) in [6.45, 7) is 11.8. The number of amides is 1. The van der Waals surface area contributed by atoms with Crippen molar-refractivity contribution >= 4 is 30.1 Å². The van der Waals surface area contributed by atoms with Gasteiger partial charge in [0.2, 0.25) is 0 Å². The van der Waals surface area contributed by atoms with Crippen LogP contribution in [0.4, 0.5) is 0 Å². The Bertz CT molecular complexity index is 571. The second-order valence-electron chi connectivity index (χ2n) is 6.99. The maximum Gasteiger partial charge on any atom is 0.494 e. The Hall–Kier alpha value is -1.04. The topological polar surface area (TPSA) is 47.6 Å². The molecule has 1 aromatic carbocycles. The van der Waals surface area contributed by atoms with E-state index in [1.165, 1.54) is 0 Å². The molecule has 1 heterocycles. The zero-order valence-corrected chi connectivity index (χ0v) is 14.7. The maximum absolute atomic E-state index is 12.2. The summed E-state index contributed by atoms with van der Waals surface area (Å²) < 4.78 is 12.0. The van der Waals surface area contributed by atoms with Crippen molar-refractivity contribution in [2.45, 2.75) is 58.8 Å². The summed E-state index contributed by atoms with van der Waals surface area (Å²) in [6, 6.07) is 5.25. The van der Waals surface area contributed by atoms with Gasteiger partial charge in [-0.3, -0.25) is 4.79 Å². The molecule has 0 radical (unpaired) electrons. The highest BCUT2D eigenvalue weighted by Gasteiger charge is 2.51. The van der Waals surface area contributed by atoms with Crippen LogP contribution in [0, 0.1) is 0 Å². The molecule has 0 aliphatic carbocycles. The van der Waals surface area contributed by atoms with Crippen LogP contribution < -0.4 is 10.8 Å². The summed E-state index contributed by atoms with van der Waals surface area (Å²) in [5.41, 5.74) is 0.395. The van der Waals surface area contributed by atoms with Gasteiger partial charge < -0.3 is 14.6 Å². The number of rotatable bonds is 3. The van der Waals surface area contributed by atoms with Crippen molar-refractivity contribution in [3.63, 3.8) is 0 Å². The fourth-order valence-corrected chi connectivity index (χ4v) is 2.45. The van der Waals surface area contributed by atoms with Gasteiger partial charge >= 0.3 is 7.12 Å². The van der Waals surface area contributed by atoms with E-state index in [0.29, 0.717) is 10.6 Å². The first kappa shape index (κ1) is 17.3. The Labute approximate surface area is 137 Å². The molecule has 2 rings (SSSR count). The first-order valence-electron chi connectivity index (χ1n) is 7.49. The van der Waals surface area contributed by atoms with E-state index < -0.39 is 18.3 Å². The molecule has 6 heteroatoms. The lowest BCUT2D eigenvalue weighted by Gasteiger charge is -2.32. The van der Waals surface area contributed by atoms with E-state index in [4.69, 9.17) is 20.9 Å². The fraction of sp³-hybridized carbons (Fsp3) is 0.562. The van der Waals surface area contributed by atoms with Gasteiger partial charge in [-0.05, 0) is 65.2 Å². The van der Waals surface area contributed by atoms with Crippen molar-refractivity contribution in [1.82, 2.24) is 5.32 Å². The van der Waals surface area contributed by atoms with Crippen LogP contribution in [0.25, 0.3) is 0 Å². The zero-order valence-electron chi connectivity index (χ0n) is 14.0. The molecule has 1 aromatic rings. The Balaban J connectivity index is 2.30. The average molecular weight is 324 g/mol. The van der Waals surface area contributed by atoms with Gasteiger partial charge in [-0.25, -0.2) is 0 Å². The van der Waals surface area contributed by atoms with Crippen LogP contribution in [0.5, 0.6) is 0 Å². The molecular formula is C16H23BClNO3. The van der Waals surface area contributed by atoms with Crippen molar-refractivity contribution in [1.29, 1.82) is 0 Å². The lowest BCUT2D eigenvalue weighted by molar-refractivity contribution is 0.00578. The molecule has 1 aliphatic heterocycles. The lowest BCUT2D eigenvalue weighted by atomic mass is 9.78. The average Bonchev–Trinajstić information content (AvgIpc) is 2.57. The highest BCUT2D eigenvalue weighted by atomic mass is 35.5. The van der Waals surface area contributed by atoms with Crippen LogP contribution in [0.2, 0.25) is 5.02 Å². The number of carbonyl (C=O) groups excluding carboxylic acids is 1. The number of hydrogen-bond acceptors (Lipinski definition) is 3. The second kappa shape index (κ2) is 5.87. The molecular weight excluding hydrogens is 300 g/mol. The van der Waals surface area contributed by atoms with Crippen molar-refractivity contribution in [2.75, 3.05) is 0 Å². The fourth-order valence-electron chi connectivity index (χ4n) is 2.20. The quantitative estimate of drug-likeness (QED) is 0.870. The Kier molecular flexibility index (Phi) is 4.62. The number of hydrogen-bond donors (Lipinski definition) is 1. The normalized spacial score (nSPS) is 19.5. The molecule has 1 fully saturated rings. The molecule has 1 amide bonds. The van der Waals surface area contributed by atoms with Crippen LogP contribution in [0.1, 0.15) is 51.9 Å². The van der Waals surface area contributed by atoms with Crippen molar-refractivity contribution < 1.29 is 14.1 Å². The Morgan fingerprint density at radius 3 is 2.18 bits per heavy atom.